The molecule has 21 heavy (non-hydrogen) atoms. The highest BCUT2D eigenvalue weighted by Crippen LogP contribution is 2.37. The van der Waals surface area contributed by atoms with Crippen molar-refractivity contribution in [2.24, 2.45) is 0 Å². The lowest BCUT2D eigenvalue weighted by Crippen LogP contribution is -2.24. The predicted molar refractivity (Wildman–Crippen MR) is 92.4 cm³/mol. The zero-order chi connectivity index (χ0) is 14.8. The van der Waals surface area contributed by atoms with Crippen LogP contribution in [0.4, 0.5) is 5.13 Å². The molecule has 0 atom stereocenters. The van der Waals surface area contributed by atoms with Crippen molar-refractivity contribution in [1.82, 2.24) is 10.3 Å². The molecular formula is C16H23N3S2. The Morgan fingerprint density at radius 1 is 1.43 bits per heavy atom. The lowest BCUT2D eigenvalue weighted by Gasteiger charge is -2.20. The molecule has 0 radical (unpaired) electrons. The number of rotatable bonds is 7. The van der Waals surface area contributed by atoms with Crippen molar-refractivity contribution < 1.29 is 0 Å². The number of aryl methyl sites for hydroxylation is 1. The lowest BCUT2D eigenvalue weighted by atomic mass is 10.3. The van der Waals surface area contributed by atoms with Gasteiger partial charge in [-0.25, -0.2) is 4.98 Å². The van der Waals surface area contributed by atoms with Crippen molar-refractivity contribution in [2.45, 2.75) is 58.8 Å². The Morgan fingerprint density at radius 2 is 2.24 bits per heavy atom. The third-order valence-electron chi connectivity index (χ3n) is 3.69. The van der Waals surface area contributed by atoms with Crippen molar-refractivity contribution in [3.63, 3.8) is 0 Å². The van der Waals surface area contributed by atoms with Gasteiger partial charge in [-0.3, -0.25) is 0 Å². The van der Waals surface area contributed by atoms with Gasteiger partial charge in [0.15, 0.2) is 5.13 Å². The fourth-order valence-corrected chi connectivity index (χ4v) is 4.09. The first kappa shape index (κ1) is 15.0. The number of thiazole rings is 1. The van der Waals surface area contributed by atoms with Crippen molar-refractivity contribution in [3.8, 4) is 0 Å². The van der Waals surface area contributed by atoms with Crippen LogP contribution in [0.15, 0.2) is 17.5 Å². The van der Waals surface area contributed by atoms with Crippen molar-refractivity contribution in [2.75, 3.05) is 4.90 Å². The van der Waals surface area contributed by atoms with Crippen LogP contribution in [-0.2, 0) is 13.1 Å². The Hall–Kier alpha value is -0.910. The van der Waals surface area contributed by atoms with Gasteiger partial charge in [-0.1, -0.05) is 19.9 Å². The van der Waals surface area contributed by atoms with E-state index in [-0.39, 0.29) is 0 Å². The molecular weight excluding hydrogens is 298 g/mol. The van der Waals surface area contributed by atoms with Crippen molar-refractivity contribution >= 4 is 27.8 Å². The quantitative estimate of drug-likeness (QED) is 0.829. The van der Waals surface area contributed by atoms with E-state index in [1.807, 2.05) is 22.7 Å². The van der Waals surface area contributed by atoms with Gasteiger partial charge in [0, 0.05) is 28.4 Å². The number of anilines is 1. The minimum atomic E-state index is 0.514. The number of nitrogens with zero attached hydrogens (tertiary/aromatic N) is 2. The molecule has 1 fully saturated rings. The van der Waals surface area contributed by atoms with Gasteiger partial charge in [0.2, 0.25) is 0 Å². The molecule has 0 amide bonds. The summed E-state index contributed by atoms with van der Waals surface area (Å²) >= 11 is 3.70. The Morgan fingerprint density at radius 3 is 2.86 bits per heavy atom. The van der Waals surface area contributed by atoms with Crippen LogP contribution < -0.4 is 10.2 Å². The minimum absolute atomic E-state index is 0.514. The second kappa shape index (κ2) is 6.46. The largest absolute Gasteiger partial charge is 0.340 e. The molecule has 1 N–H and O–H groups in total. The molecule has 0 saturated heterocycles. The summed E-state index contributed by atoms with van der Waals surface area (Å²) in [5.41, 5.74) is 1.18. The van der Waals surface area contributed by atoms with Crippen molar-refractivity contribution in [3.05, 3.63) is 33.0 Å². The molecule has 0 bridgehead atoms. The zero-order valence-corrected chi connectivity index (χ0v) is 14.6. The number of aromatic nitrogens is 1. The maximum absolute atomic E-state index is 4.84. The average molecular weight is 322 g/mol. The minimum Gasteiger partial charge on any atom is -0.340 e. The highest BCUT2D eigenvalue weighted by atomic mass is 32.1. The van der Waals surface area contributed by atoms with E-state index in [1.165, 1.54) is 33.4 Å². The van der Waals surface area contributed by atoms with E-state index in [9.17, 15) is 0 Å². The van der Waals surface area contributed by atoms with Crippen LogP contribution in [0.25, 0.3) is 0 Å². The van der Waals surface area contributed by atoms with Crippen LogP contribution in [0.2, 0.25) is 0 Å². The molecule has 0 aromatic carbocycles. The fraction of sp³-hybridized carbons (Fsp3) is 0.562. The maximum Gasteiger partial charge on any atom is 0.186 e. The van der Waals surface area contributed by atoms with E-state index >= 15 is 0 Å². The summed E-state index contributed by atoms with van der Waals surface area (Å²) < 4.78 is 0. The third kappa shape index (κ3) is 3.84. The molecule has 114 valence electrons. The first-order valence-corrected chi connectivity index (χ1v) is 9.32. The number of hydrogen-bond donors (Lipinski definition) is 1. The molecule has 2 aromatic heterocycles. The van der Waals surface area contributed by atoms with Crippen LogP contribution in [-0.4, -0.2) is 17.1 Å². The predicted octanol–water partition coefficient (Wildman–Crippen LogP) is 4.18. The van der Waals surface area contributed by atoms with Gasteiger partial charge in [-0.15, -0.1) is 22.7 Å². The molecule has 2 heterocycles. The Bertz CT molecular complexity index is 570. The van der Waals surface area contributed by atoms with Gasteiger partial charge < -0.3 is 10.2 Å². The Labute approximate surface area is 135 Å². The van der Waals surface area contributed by atoms with Gasteiger partial charge in [0.1, 0.15) is 0 Å². The van der Waals surface area contributed by atoms with Gasteiger partial charge >= 0.3 is 0 Å². The molecule has 0 unspecified atom stereocenters. The molecule has 3 nitrogen and oxygen atoms in total. The van der Waals surface area contributed by atoms with E-state index in [0.29, 0.717) is 12.1 Å². The highest BCUT2D eigenvalue weighted by Gasteiger charge is 2.31. The van der Waals surface area contributed by atoms with Crippen molar-refractivity contribution in [1.29, 1.82) is 0 Å². The number of thiophene rings is 1. The molecule has 1 aliphatic carbocycles. The van der Waals surface area contributed by atoms with E-state index < -0.39 is 0 Å². The Balaban J connectivity index is 1.75. The number of nitrogens with one attached hydrogen (secondary N) is 1. The molecule has 5 heteroatoms. The molecule has 2 aromatic rings. The topological polar surface area (TPSA) is 28.2 Å². The van der Waals surface area contributed by atoms with Gasteiger partial charge in [0.25, 0.3) is 0 Å². The summed E-state index contributed by atoms with van der Waals surface area (Å²) in [6.45, 7) is 8.44. The zero-order valence-electron chi connectivity index (χ0n) is 12.9. The summed E-state index contributed by atoms with van der Waals surface area (Å²) in [5.74, 6) is 0. The Kier molecular flexibility index (Phi) is 4.62. The molecule has 3 rings (SSSR count). The standard InChI is InChI=1S/C16H23N3S2/c1-11(2)17-9-15-12(3)18-16(21-15)19(13-6-7-13)10-14-5-4-8-20-14/h4-5,8,11,13,17H,6-7,9-10H2,1-3H3. The normalized spacial score (nSPS) is 14.9. The van der Waals surface area contributed by atoms with E-state index in [1.54, 1.807) is 0 Å². The van der Waals surface area contributed by atoms with Gasteiger partial charge in [0.05, 0.1) is 12.2 Å². The van der Waals surface area contributed by atoms with Gasteiger partial charge in [-0.05, 0) is 31.2 Å². The van der Waals surface area contributed by atoms with E-state index in [0.717, 1.165) is 13.1 Å². The monoisotopic (exact) mass is 321 g/mol. The SMILES string of the molecule is Cc1nc(N(Cc2cccs2)C2CC2)sc1CNC(C)C. The fourth-order valence-electron chi connectivity index (χ4n) is 2.31. The molecule has 1 saturated carbocycles. The summed E-state index contributed by atoms with van der Waals surface area (Å²) in [7, 11) is 0. The van der Waals surface area contributed by atoms with Crippen LogP contribution in [0.5, 0.6) is 0 Å². The average Bonchev–Trinajstić information content (AvgIpc) is 3.02. The number of hydrogen-bond acceptors (Lipinski definition) is 5. The summed E-state index contributed by atoms with van der Waals surface area (Å²) in [4.78, 5) is 10.1. The summed E-state index contributed by atoms with van der Waals surface area (Å²) in [5, 5.41) is 6.86. The van der Waals surface area contributed by atoms with E-state index in [4.69, 9.17) is 4.98 Å². The highest BCUT2D eigenvalue weighted by molar-refractivity contribution is 7.15. The second-order valence-electron chi connectivity index (χ2n) is 5.98. The molecule has 1 aliphatic rings. The van der Waals surface area contributed by atoms with Crippen LogP contribution in [0.1, 0.15) is 42.1 Å². The summed E-state index contributed by atoms with van der Waals surface area (Å²) in [6, 6.07) is 5.57. The maximum atomic E-state index is 4.84. The van der Waals surface area contributed by atoms with Crippen LogP contribution in [0.3, 0.4) is 0 Å². The van der Waals surface area contributed by atoms with Crippen LogP contribution >= 0.6 is 22.7 Å². The second-order valence-corrected chi connectivity index (χ2v) is 8.07. The van der Waals surface area contributed by atoms with E-state index in [2.05, 4.69) is 48.5 Å². The first-order chi connectivity index (χ1) is 10.1. The summed E-state index contributed by atoms with van der Waals surface area (Å²) in [6.07, 6.45) is 2.62. The molecule has 0 spiro atoms. The smallest absolute Gasteiger partial charge is 0.186 e. The third-order valence-corrected chi connectivity index (χ3v) is 5.75. The van der Waals surface area contributed by atoms with Crippen LogP contribution in [0, 0.1) is 6.92 Å². The lowest BCUT2D eigenvalue weighted by molar-refractivity contribution is 0.591. The van der Waals surface area contributed by atoms with Gasteiger partial charge in [-0.2, -0.15) is 0 Å². The molecule has 0 aliphatic heterocycles. The first-order valence-electron chi connectivity index (χ1n) is 7.62.